The van der Waals surface area contributed by atoms with E-state index in [-0.39, 0.29) is 12.5 Å². The molecule has 124 valence electrons. The van der Waals surface area contributed by atoms with Crippen molar-refractivity contribution in [1.29, 1.82) is 5.26 Å². The number of hydrogen-bond donors (Lipinski definition) is 1. The molecule has 0 spiro atoms. The molecule has 0 atom stereocenters. The first-order valence-corrected chi connectivity index (χ1v) is 7.60. The van der Waals surface area contributed by atoms with Gasteiger partial charge in [0.2, 0.25) is 5.91 Å². The van der Waals surface area contributed by atoms with Crippen LogP contribution in [0.3, 0.4) is 0 Å². The normalized spacial score (nSPS) is 9.92. The number of likely N-dealkylation sites (N-methyl/N-ethyl adjacent to an activating group) is 1. The molecule has 1 amide bonds. The highest BCUT2D eigenvalue weighted by Gasteiger charge is 2.09. The lowest BCUT2D eigenvalue weighted by Crippen LogP contribution is -2.35. The van der Waals surface area contributed by atoms with Crippen LogP contribution in [0.1, 0.15) is 11.1 Å². The number of benzene rings is 1. The highest BCUT2D eigenvalue weighted by molar-refractivity contribution is 5.80. The Balaban J connectivity index is 1.88. The van der Waals surface area contributed by atoms with Gasteiger partial charge in [-0.2, -0.15) is 5.26 Å². The van der Waals surface area contributed by atoms with Crippen LogP contribution in [-0.4, -0.2) is 38.6 Å². The third-order valence-corrected chi connectivity index (χ3v) is 3.57. The lowest BCUT2D eigenvalue weighted by Gasteiger charge is -2.18. The SMILES string of the molecule is CN(C)c1cccc(CNC(=O)CN(C)c2ccc(C#N)cn2)c1. The fourth-order valence-electron chi connectivity index (χ4n) is 2.18. The Hall–Kier alpha value is -3.07. The van der Waals surface area contributed by atoms with Gasteiger partial charge in [0.25, 0.3) is 0 Å². The van der Waals surface area contributed by atoms with Crippen molar-refractivity contribution in [3.8, 4) is 6.07 Å². The van der Waals surface area contributed by atoms with Crippen LogP contribution in [-0.2, 0) is 11.3 Å². The van der Waals surface area contributed by atoms with E-state index in [4.69, 9.17) is 5.26 Å². The zero-order valence-electron chi connectivity index (χ0n) is 14.2. The third kappa shape index (κ3) is 4.71. The summed E-state index contributed by atoms with van der Waals surface area (Å²) in [6.45, 7) is 0.682. The molecule has 24 heavy (non-hydrogen) atoms. The molecule has 1 aromatic heterocycles. The van der Waals surface area contributed by atoms with Gasteiger partial charge < -0.3 is 15.1 Å². The molecule has 0 bridgehead atoms. The summed E-state index contributed by atoms with van der Waals surface area (Å²) in [7, 11) is 5.76. The Morgan fingerprint density at radius 3 is 2.67 bits per heavy atom. The average Bonchev–Trinajstić information content (AvgIpc) is 2.60. The second kappa shape index (κ2) is 7.97. The van der Waals surface area contributed by atoms with Gasteiger partial charge in [-0.05, 0) is 29.8 Å². The number of nitrogens with one attached hydrogen (secondary N) is 1. The molecule has 0 fully saturated rings. The number of amides is 1. The fraction of sp³-hybridized carbons (Fsp3) is 0.278. The van der Waals surface area contributed by atoms with Crippen molar-refractivity contribution in [1.82, 2.24) is 10.3 Å². The van der Waals surface area contributed by atoms with Crippen LogP contribution in [0.4, 0.5) is 11.5 Å². The number of rotatable bonds is 6. The van der Waals surface area contributed by atoms with Crippen molar-refractivity contribution in [2.24, 2.45) is 0 Å². The van der Waals surface area contributed by atoms with Gasteiger partial charge in [0.1, 0.15) is 11.9 Å². The van der Waals surface area contributed by atoms with Gasteiger partial charge in [0.15, 0.2) is 0 Å². The zero-order valence-corrected chi connectivity index (χ0v) is 14.2. The summed E-state index contributed by atoms with van der Waals surface area (Å²) in [6, 6.07) is 13.5. The number of hydrogen-bond acceptors (Lipinski definition) is 5. The molecule has 0 unspecified atom stereocenters. The lowest BCUT2D eigenvalue weighted by molar-refractivity contribution is -0.119. The number of carbonyl (C=O) groups excluding carboxylic acids is 1. The third-order valence-electron chi connectivity index (χ3n) is 3.57. The number of anilines is 2. The van der Waals surface area contributed by atoms with Crippen LogP contribution < -0.4 is 15.1 Å². The van der Waals surface area contributed by atoms with E-state index < -0.39 is 0 Å². The Morgan fingerprint density at radius 1 is 1.25 bits per heavy atom. The molecule has 1 N–H and O–H groups in total. The first-order chi connectivity index (χ1) is 11.5. The molecule has 2 rings (SSSR count). The second-order valence-corrected chi connectivity index (χ2v) is 5.71. The highest BCUT2D eigenvalue weighted by Crippen LogP contribution is 2.13. The Bertz CT molecular complexity index is 734. The molecule has 0 aliphatic rings. The van der Waals surface area contributed by atoms with E-state index in [1.54, 1.807) is 24.1 Å². The first kappa shape index (κ1) is 17.3. The van der Waals surface area contributed by atoms with E-state index in [2.05, 4.69) is 10.3 Å². The summed E-state index contributed by atoms with van der Waals surface area (Å²) in [5.41, 5.74) is 2.65. The molecule has 0 radical (unpaired) electrons. The molecule has 0 aliphatic carbocycles. The van der Waals surface area contributed by atoms with E-state index in [1.807, 2.05) is 49.3 Å². The molecule has 0 saturated carbocycles. The van der Waals surface area contributed by atoms with E-state index in [0.29, 0.717) is 17.9 Å². The summed E-state index contributed by atoms with van der Waals surface area (Å²) in [5, 5.41) is 11.7. The number of aromatic nitrogens is 1. The molecule has 2 aromatic rings. The minimum Gasteiger partial charge on any atom is -0.378 e. The van der Waals surface area contributed by atoms with Crippen molar-refractivity contribution in [2.75, 3.05) is 37.5 Å². The summed E-state index contributed by atoms with van der Waals surface area (Å²) in [4.78, 5) is 20.0. The van der Waals surface area contributed by atoms with Crippen molar-refractivity contribution < 1.29 is 4.79 Å². The van der Waals surface area contributed by atoms with Crippen molar-refractivity contribution in [3.63, 3.8) is 0 Å². The van der Waals surface area contributed by atoms with Gasteiger partial charge in [-0.3, -0.25) is 4.79 Å². The molecule has 6 heteroatoms. The molecule has 0 aliphatic heterocycles. The molecule has 1 aromatic carbocycles. The van der Waals surface area contributed by atoms with Crippen molar-refractivity contribution in [2.45, 2.75) is 6.54 Å². The monoisotopic (exact) mass is 323 g/mol. The van der Waals surface area contributed by atoms with E-state index in [0.717, 1.165) is 11.3 Å². The molecule has 0 saturated heterocycles. The maximum absolute atomic E-state index is 12.1. The van der Waals surface area contributed by atoms with Gasteiger partial charge in [0, 0.05) is 39.6 Å². The number of nitrogens with zero attached hydrogens (tertiary/aromatic N) is 4. The van der Waals surface area contributed by atoms with Crippen LogP contribution in [0.15, 0.2) is 42.6 Å². The molecule has 1 heterocycles. The largest absolute Gasteiger partial charge is 0.378 e. The fourth-order valence-corrected chi connectivity index (χ4v) is 2.18. The molecule has 6 nitrogen and oxygen atoms in total. The minimum absolute atomic E-state index is 0.0843. The maximum atomic E-state index is 12.1. The van der Waals surface area contributed by atoms with Crippen LogP contribution >= 0.6 is 0 Å². The van der Waals surface area contributed by atoms with E-state index in [1.165, 1.54) is 6.20 Å². The van der Waals surface area contributed by atoms with E-state index >= 15 is 0 Å². The first-order valence-electron chi connectivity index (χ1n) is 7.60. The van der Waals surface area contributed by atoms with Crippen LogP contribution in [0.5, 0.6) is 0 Å². The van der Waals surface area contributed by atoms with Crippen molar-refractivity contribution in [3.05, 3.63) is 53.7 Å². The maximum Gasteiger partial charge on any atom is 0.239 e. The predicted molar refractivity (Wildman–Crippen MR) is 94.8 cm³/mol. The number of carbonyl (C=O) groups is 1. The van der Waals surface area contributed by atoms with Gasteiger partial charge in [-0.25, -0.2) is 4.98 Å². The standard InChI is InChI=1S/C18H21N5O/c1-22(2)16-6-4-5-14(9-16)11-21-18(24)13-23(3)17-8-7-15(10-19)12-20-17/h4-9,12H,11,13H2,1-3H3,(H,21,24). The Morgan fingerprint density at radius 2 is 2.04 bits per heavy atom. The Labute approximate surface area is 142 Å². The van der Waals surface area contributed by atoms with E-state index in [9.17, 15) is 4.79 Å². The van der Waals surface area contributed by atoms with Crippen LogP contribution in [0, 0.1) is 11.3 Å². The van der Waals surface area contributed by atoms with Gasteiger partial charge in [-0.1, -0.05) is 12.1 Å². The summed E-state index contributed by atoms with van der Waals surface area (Å²) < 4.78 is 0. The number of nitriles is 1. The molecular weight excluding hydrogens is 302 g/mol. The quantitative estimate of drug-likeness (QED) is 0.877. The van der Waals surface area contributed by atoms with Gasteiger partial charge >= 0.3 is 0 Å². The van der Waals surface area contributed by atoms with Crippen molar-refractivity contribution >= 4 is 17.4 Å². The lowest BCUT2D eigenvalue weighted by atomic mass is 10.2. The van der Waals surface area contributed by atoms with Crippen LogP contribution in [0.2, 0.25) is 0 Å². The topological polar surface area (TPSA) is 72.3 Å². The van der Waals surface area contributed by atoms with Crippen LogP contribution in [0.25, 0.3) is 0 Å². The number of pyridine rings is 1. The zero-order chi connectivity index (χ0) is 17.5. The highest BCUT2D eigenvalue weighted by atomic mass is 16.2. The summed E-state index contributed by atoms with van der Waals surface area (Å²) in [6.07, 6.45) is 1.50. The summed E-state index contributed by atoms with van der Waals surface area (Å²) >= 11 is 0. The Kier molecular flexibility index (Phi) is 5.74. The second-order valence-electron chi connectivity index (χ2n) is 5.71. The van der Waals surface area contributed by atoms with Gasteiger partial charge in [-0.15, -0.1) is 0 Å². The summed E-state index contributed by atoms with van der Waals surface area (Å²) in [5.74, 6) is 0.567. The smallest absolute Gasteiger partial charge is 0.239 e. The predicted octanol–water partition coefficient (Wildman–Crippen LogP) is 1.77. The molecular formula is C18H21N5O. The average molecular weight is 323 g/mol. The minimum atomic E-state index is -0.0843. The van der Waals surface area contributed by atoms with Gasteiger partial charge in [0.05, 0.1) is 12.1 Å².